The van der Waals surface area contributed by atoms with E-state index in [9.17, 15) is 5.11 Å². The van der Waals surface area contributed by atoms with Crippen LogP contribution in [0.25, 0.3) is 0 Å². The Hall–Kier alpha value is -1.10. The van der Waals surface area contributed by atoms with Crippen LogP contribution in [0, 0.1) is 13.8 Å². The highest BCUT2D eigenvalue weighted by Gasteiger charge is 2.17. The van der Waals surface area contributed by atoms with Gasteiger partial charge in [-0.05, 0) is 44.2 Å². The topological polar surface area (TPSA) is 35.9 Å². The van der Waals surface area contributed by atoms with Gasteiger partial charge in [0.15, 0.2) is 0 Å². The predicted molar refractivity (Wildman–Crippen MR) is 81.4 cm³/mol. The van der Waals surface area contributed by atoms with Gasteiger partial charge in [-0.2, -0.15) is 0 Å². The van der Waals surface area contributed by atoms with Crippen molar-refractivity contribution in [3.05, 3.63) is 29.3 Å². The zero-order chi connectivity index (χ0) is 14.5. The summed E-state index contributed by atoms with van der Waals surface area (Å²) in [4.78, 5) is 4.61. The fraction of sp³-hybridized carbons (Fsp3) is 0.625. The van der Waals surface area contributed by atoms with Crippen LogP contribution in [0.15, 0.2) is 18.2 Å². The van der Waals surface area contributed by atoms with Gasteiger partial charge in [0.25, 0.3) is 0 Å². The molecule has 1 heterocycles. The van der Waals surface area contributed by atoms with Crippen molar-refractivity contribution < 1.29 is 9.84 Å². The van der Waals surface area contributed by atoms with Gasteiger partial charge in [-0.1, -0.05) is 6.07 Å². The molecule has 2 rings (SSSR count). The highest BCUT2D eigenvalue weighted by atomic mass is 16.5. The lowest BCUT2D eigenvalue weighted by molar-refractivity contribution is 0.0504. The van der Waals surface area contributed by atoms with E-state index >= 15 is 0 Å². The maximum absolute atomic E-state index is 10.1. The van der Waals surface area contributed by atoms with Crippen molar-refractivity contribution in [3.63, 3.8) is 0 Å². The summed E-state index contributed by atoms with van der Waals surface area (Å²) in [6.45, 7) is 9.40. The molecule has 0 spiro atoms. The van der Waals surface area contributed by atoms with E-state index in [1.165, 1.54) is 11.1 Å². The minimum Gasteiger partial charge on any atom is -0.491 e. The van der Waals surface area contributed by atoms with Gasteiger partial charge in [0.1, 0.15) is 18.5 Å². The van der Waals surface area contributed by atoms with Crippen molar-refractivity contribution >= 4 is 0 Å². The van der Waals surface area contributed by atoms with Crippen molar-refractivity contribution in [1.82, 2.24) is 9.80 Å². The first kappa shape index (κ1) is 15.3. The van der Waals surface area contributed by atoms with E-state index in [0.717, 1.165) is 31.9 Å². The van der Waals surface area contributed by atoms with Gasteiger partial charge in [0, 0.05) is 32.7 Å². The number of hydrogen-bond acceptors (Lipinski definition) is 4. The zero-order valence-electron chi connectivity index (χ0n) is 12.8. The minimum atomic E-state index is -0.431. The number of aryl methyl sites for hydroxylation is 2. The Labute approximate surface area is 122 Å². The molecule has 0 amide bonds. The zero-order valence-corrected chi connectivity index (χ0v) is 12.8. The van der Waals surface area contributed by atoms with Crippen LogP contribution in [0.2, 0.25) is 0 Å². The molecule has 0 saturated carbocycles. The number of ether oxygens (including phenoxy) is 1. The van der Waals surface area contributed by atoms with Gasteiger partial charge < -0.3 is 14.7 Å². The van der Waals surface area contributed by atoms with Crippen LogP contribution in [-0.2, 0) is 0 Å². The maximum atomic E-state index is 10.1. The SMILES string of the molecule is Cc1ccc(OC[C@@H](O)CN2CCN(C)CC2)cc1C. The Balaban J connectivity index is 1.74. The summed E-state index contributed by atoms with van der Waals surface area (Å²) in [5, 5.41) is 10.1. The molecule has 1 fully saturated rings. The average Bonchev–Trinajstić information content (AvgIpc) is 2.43. The molecule has 1 aromatic carbocycles. The molecule has 4 nitrogen and oxygen atoms in total. The summed E-state index contributed by atoms with van der Waals surface area (Å²) < 4.78 is 5.68. The lowest BCUT2D eigenvalue weighted by Crippen LogP contribution is -2.47. The summed E-state index contributed by atoms with van der Waals surface area (Å²) in [5.41, 5.74) is 2.48. The molecule has 1 N–H and O–H groups in total. The van der Waals surface area contributed by atoms with Gasteiger partial charge in [0.05, 0.1) is 0 Å². The third-order valence-electron chi connectivity index (χ3n) is 3.99. The van der Waals surface area contributed by atoms with Gasteiger partial charge in [-0.15, -0.1) is 0 Å². The second kappa shape index (κ2) is 7.07. The molecule has 1 aliphatic rings. The number of likely N-dealkylation sites (N-methyl/N-ethyl adjacent to an activating group) is 1. The first-order valence-corrected chi connectivity index (χ1v) is 7.33. The molecule has 1 aliphatic heterocycles. The second-order valence-electron chi connectivity index (χ2n) is 5.81. The van der Waals surface area contributed by atoms with Gasteiger partial charge >= 0.3 is 0 Å². The molecule has 0 aliphatic carbocycles. The molecule has 112 valence electrons. The fourth-order valence-corrected chi connectivity index (χ4v) is 2.38. The lowest BCUT2D eigenvalue weighted by atomic mass is 10.1. The Morgan fingerprint density at radius 2 is 1.85 bits per heavy atom. The van der Waals surface area contributed by atoms with Crippen LogP contribution < -0.4 is 4.74 Å². The van der Waals surface area contributed by atoms with E-state index in [0.29, 0.717) is 13.2 Å². The maximum Gasteiger partial charge on any atom is 0.119 e. The van der Waals surface area contributed by atoms with Crippen molar-refractivity contribution in [2.24, 2.45) is 0 Å². The van der Waals surface area contributed by atoms with Gasteiger partial charge in [-0.3, -0.25) is 4.90 Å². The third-order valence-corrected chi connectivity index (χ3v) is 3.99. The van der Waals surface area contributed by atoms with Crippen LogP contribution in [0.3, 0.4) is 0 Å². The van der Waals surface area contributed by atoms with E-state index < -0.39 is 6.10 Å². The summed E-state index contributed by atoms with van der Waals surface area (Å²) in [7, 11) is 2.14. The summed E-state index contributed by atoms with van der Waals surface area (Å²) in [6.07, 6.45) is -0.431. The van der Waals surface area contributed by atoms with Crippen LogP contribution >= 0.6 is 0 Å². The Bertz CT molecular complexity index is 428. The van der Waals surface area contributed by atoms with Gasteiger partial charge in [-0.25, -0.2) is 0 Å². The molecule has 0 aromatic heterocycles. The number of β-amino-alcohol motifs (C(OH)–C–C–N with tert-alkyl or cyclic N) is 1. The molecule has 1 aromatic rings. The Kier molecular flexibility index (Phi) is 5.40. The molecule has 20 heavy (non-hydrogen) atoms. The summed E-state index contributed by atoms with van der Waals surface area (Å²) in [6, 6.07) is 6.04. The second-order valence-corrected chi connectivity index (χ2v) is 5.81. The molecule has 0 radical (unpaired) electrons. The Morgan fingerprint density at radius 3 is 2.50 bits per heavy atom. The monoisotopic (exact) mass is 278 g/mol. The van der Waals surface area contributed by atoms with Crippen molar-refractivity contribution in [1.29, 1.82) is 0 Å². The molecule has 1 atom stereocenters. The largest absolute Gasteiger partial charge is 0.491 e. The highest BCUT2D eigenvalue weighted by molar-refractivity contribution is 5.33. The van der Waals surface area contributed by atoms with Crippen molar-refractivity contribution in [3.8, 4) is 5.75 Å². The molecule has 0 unspecified atom stereocenters. The van der Waals surface area contributed by atoms with E-state index in [-0.39, 0.29) is 0 Å². The first-order chi connectivity index (χ1) is 9.54. The lowest BCUT2D eigenvalue weighted by Gasteiger charge is -2.33. The Morgan fingerprint density at radius 1 is 1.15 bits per heavy atom. The van der Waals surface area contributed by atoms with Crippen molar-refractivity contribution in [2.45, 2.75) is 20.0 Å². The van der Waals surface area contributed by atoms with E-state index in [2.05, 4.69) is 36.8 Å². The summed E-state index contributed by atoms with van der Waals surface area (Å²) >= 11 is 0. The highest BCUT2D eigenvalue weighted by Crippen LogP contribution is 2.16. The fourth-order valence-electron chi connectivity index (χ4n) is 2.38. The normalized spacial score (nSPS) is 19.0. The minimum absolute atomic E-state index is 0.356. The number of hydrogen-bond donors (Lipinski definition) is 1. The molecular weight excluding hydrogens is 252 g/mol. The quantitative estimate of drug-likeness (QED) is 0.880. The average molecular weight is 278 g/mol. The first-order valence-electron chi connectivity index (χ1n) is 7.33. The van der Waals surface area contributed by atoms with Crippen LogP contribution in [-0.4, -0.2) is 67.4 Å². The molecular formula is C16H26N2O2. The van der Waals surface area contributed by atoms with Gasteiger partial charge in [0.2, 0.25) is 0 Å². The van der Waals surface area contributed by atoms with E-state index in [4.69, 9.17) is 4.74 Å². The standard InChI is InChI=1S/C16H26N2O2/c1-13-4-5-16(10-14(13)2)20-12-15(19)11-18-8-6-17(3)7-9-18/h4-5,10,15,19H,6-9,11-12H2,1-3H3/t15-/m0/s1. The van der Waals surface area contributed by atoms with E-state index in [1.54, 1.807) is 0 Å². The van der Waals surface area contributed by atoms with E-state index in [1.807, 2.05) is 12.1 Å². The molecule has 1 saturated heterocycles. The molecule has 4 heteroatoms. The number of aliphatic hydroxyl groups excluding tert-OH is 1. The summed E-state index contributed by atoms with van der Waals surface area (Å²) in [5.74, 6) is 0.838. The van der Waals surface area contributed by atoms with Crippen LogP contribution in [0.5, 0.6) is 5.75 Å². The predicted octanol–water partition coefficient (Wildman–Crippen LogP) is 1.29. The number of piperazine rings is 1. The number of rotatable bonds is 5. The van der Waals surface area contributed by atoms with Crippen molar-refractivity contribution in [2.75, 3.05) is 46.4 Å². The number of aliphatic hydroxyl groups is 1. The molecule has 0 bridgehead atoms. The van der Waals surface area contributed by atoms with Crippen LogP contribution in [0.4, 0.5) is 0 Å². The number of nitrogens with zero attached hydrogens (tertiary/aromatic N) is 2. The van der Waals surface area contributed by atoms with Crippen LogP contribution in [0.1, 0.15) is 11.1 Å². The smallest absolute Gasteiger partial charge is 0.119 e. The number of benzene rings is 1. The third kappa shape index (κ3) is 4.47.